The third-order valence-electron chi connectivity index (χ3n) is 17.8. The molecule has 0 aliphatic heterocycles. The zero-order valence-corrected chi connectivity index (χ0v) is 47.6. The maximum atomic E-state index is 5.31. The lowest BCUT2D eigenvalue weighted by Crippen LogP contribution is -2.05. The Hall–Kier alpha value is -11.9. The minimum Gasteiger partial charge on any atom is -0.309 e. The van der Waals surface area contributed by atoms with Gasteiger partial charge >= 0.3 is 0 Å². The van der Waals surface area contributed by atoms with E-state index in [4.69, 9.17) is 15.0 Å². The largest absolute Gasteiger partial charge is 0.309 e. The fourth-order valence-corrected chi connectivity index (χ4v) is 13.8. The van der Waals surface area contributed by atoms with Gasteiger partial charge in [-0.15, -0.1) is 0 Å². The molecular formula is C81H51N7. The molecule has 0 spiro atoms. The van der Waals surface area contributed by atoms with Crippen molar-refractivity contribution in [2.45, 2.75) is 0 Å². The zero-order valence-electron chi connectivity index (χ0n) is 47.6. The predicted octanol–water partition coefficient (Wildman–Crippen LogP) is 20.6. The van der Waals surface area contributed by atoms with E-state index in [1.807, 2.05) is 36.4 Å². The normalized spacial score (nSPS) is 11.9. The second-order valence-electron chi connectivity index (χ2n) is 22.8. The number of benzene rings is 13. The summed E-state index contributed by atoms with van der Waals surface area (Å²) in [6, 6.07) is 112. The van der Waals surface area contributed by atoms with Crippen LogP contribution in [0.25, 0.3) is 166 Å². The molecule has 0 N–H and O–H groups in total. The molecule has 7 nitrogen and oxygen atoms in total. The highest BCUT2D eigenvalue weighted by Crippen LogP contribution is 2.44. The first-order valence-corrected chi connectivity index (χ1v) is 29.9. The van der Waals surface area contributed by atoms with E-state index < -0.39 is 0 Å². The van der Waals surface area contributed by atoms with Crippen LogP contribution in [-0.4, -0.2) is 33.2 Å². The Balaban J connectivity index is 0.905. The molecule has 18 rings (SSSR count). The van der Waals surface area contributed by atoms with Crippen LogP contribution in [0.5, 0.6) is 0 Å². The summed E-state index contributed by atoms with van der Waals surface area (Å²) < 4.78 is 9.68. The van der Waals surface area contributed by atoms with Crippen LogP contribution < -0.4 is 0 Å². The monoisotopic (exact) mass is 1120 g/mol. The quantitative estimate of drug-likeness (QED) is 0.145. The third-order valence-corrected chi connectivity index (χ3v) is 17.8. The number of para-hydroxylation sites is 6. The van der Waals surface area contributed by atoms with Gasteiger partial charge in [0.2, 0.25) is 0 Å². The van der Waals surface area contributed by atoms with Gasteiger partial charge in [0.15, 0.2) is 17.5 Å². The smallest absolute Gasteiger partial charge is 0.164 e. The minimum absolute atomic E-state index is 0.584. The van der Waals surface area contributed by atoms with Crippen LogP contribution in [0.1, 0.15) is 0 Å². The van der Waals surface area contributed by atoms with Gasteiger partial charge < -0.3 is 18.3 Å². The second kappa shape index (κ2) is 19.8. The van der Waals surface area contributed by atoms with Gasteiger partial charge in [0.25, 0.3) is 0 Å². The summed E-state index contributed by atoms with van der Waals surface area (Å²) in [4.78, 5) is 15.7. The first-order valence-electron chi connectivity index (χ1n) is 29.9. The van der Waals surface area contributed by atoms with Crippen molar-refractivity contribution >= 4 is 87.2 Å². The topological polar surface area (TPSA) is 58.4 Å². The van der Waals surface area contributed by atoms with Crippen LogP contribution in [0, 0.1) is 0 Å². The molecule has 0 radical (unpaired) electrons. The van der Waals surface area contributed by atoms with Gasteiger partial charge in [-0.1, -0.05) is 194 Å². The Kier molecular flexibility index (Phi) is 11.2. The van der Waals surface area contributed by atoms with Gasteiger partial charge in [-0.25, -0.2) is 15.0 Å². The number of fused-ring (bicyclic) bond motifs is 12. The van der Waals surface area contributed by atoms with Gasteiger partial charge in [-0.2, -0.15) is 0 Å². The van der Waals surface area contributed by atoms with Gasteiger partial charge in [-0.3, -0.25) is 0 Å². The lowest BCUT2D eigenvalue weighted by Gasteiger charge is -2.18. The average Bonchev–Trinajstić information content (AvgIpc) is 2.86. The summed E-state index contributed by atoms with van der Waals surface area (Å²) in [6.07, 6.45) is 0. The van der Waals surface area contributed by atoms with Crippen molar-refractivity contribution in [3.05, 3.63) is 309 Å². The molecule has 88 heavy (non-hydrogen) atoms. The molecule has 0 atom stereocenters. The van der Waals surface area contributed by atoms with Gasteiger partial charge in [-0.05, 0) is 138 Å². The summed E-state index contributed by atoms with van der Waals surface area (Å²) in [5, 5.41) is 9.52. The fraction of sp³-hybridized carbons (Fsp3) is 0. The summed E-state index contributed by atoms with van der Waals surface area (Å²) >= 11 is 0. The Morgan fingerprint density at radius 2 is 0.443 bits per heavy atom. The molecule has 7 heteroatoms. The minimum atomic E-state index is 0.584. The predicted molar refractivity (Wildman–Crippen MR) is 364 cm³/mol. The van der Waals surface area contributed by atoms with Gasteiger partial charge in [0.05, 0.1) is 55.5 Å². The molecule has 0 unspecified atom stereocenters. The van der Waals surface area contributed by atoms with Crippen molar-refractivity contribution < 1.29 is 0 Å². The Morgan fingerprint density at radius 3 is 0.841 bits per heavy atom. The Labute approximate surface area is 506 Å². The van der Waals surface area contributed by atoms with E-state index >= 15 is 0 Å². The molecule has 0 bridgehead atoms. The van der Waals surface area contributed by atoms with Crippen molar-refractivity contribution in [2.24, 2.45) is 0 Å². The van der Waals surface area contributed by atoms with Crippen molar-refractivity contribution in [3.63, 3.8) is 0 Å². The molecule has 5 heterocycles. The van der Waals surface area contributed by atoms with Crippen molar-refractivity contribution in [1.82, 2.24) is 33.2 Å². The van der Waals surface area contributed by atoms with Crippen LogP contribution in [0.4, 0.5) is 0 Å². The Morgan fingerprint density at radius 1 is 0.170 bits per heavy atom. The maximum Gasteiger partial charge on any atom is 0.164 e. The molecule has 13 aromatic carbocycles. The average molecular weight is 1120 g/mol. The van der Waals surface area contributed by atoms with E-state index in [-0.39, 0.29) is 0 Å². The molecule has 0 fully saturated rings. The standard InChI is InChI=1S/C81H51N7/c1-5-21-52(22-6-1)79-82-80(53-23-7-2-8-24-53)84-81(83-79)58-41-46-77(87-71-35-19-13-29-61(71)62-30-14-20-36-72(62)87)78(51-58)88-75-44-39-56(54-37-42-73-65(47-54)63-31-15-17-33-69(63)85(73)59-25-9-3-10-26-59)49-67(75)68-50-57(40-45-76(68)88)55-38-43-74-66(48-55)64-32-16-18-34-70(64)86(74)60-27-11-4-12-28-60/h1-51H. The summed E-state index contributed by atoms with van der Waals surface area (Å²) in [5.41, 5.74) is 20.6. The number of nitrogens with zero attached hydrogens (tertiary/aromatic N) is 7. The van der Waals surface area contributed by atoms with Crippen LogP contribution in [0.3, 0.4) is 0 Å². The van der Waals surface area contributed by atoms with Crippen molar-refractivity contribution in [3.8, 4) is 79.2 Å². The highest BCUT2D eigenvalue weighted by Gasteiger charge is 2.24. The molecule has 18 aromatic rings. The van der Waals surface area contributed by atoms with E-state index in [0.717, 1.165) is 94.5 Å². The molecule has 5 aromatic heterocycles. The van der Waals surface area contributed by atoms with E-state index in [2.05, 4.69) is 291 Å². The SMILES string of the molecule is c1ccc(-c2nc(-c3ccccc3)nc(-c3ccc(-n4c5ccccc5c5ccccc54)c(-n4c5ccc(-c6ccc7c(c6)c6ccccc6n7-c6ccccc6)cc5c5cc(-c6ccc7c(c6)c6ccccc6n7-c6ccccc6)ccc54)c3)n2)cc1. The fourth-order valence-electron chi connectivity index (χ4n) is 13.8. The number of aromatic nitrogens is 7. The van der Waals surface area contributed by atoms with Crippen LogP contribution in [0.2, 0.25) is 0 Å². The molecular weight excluding hydrogens is 1070 g/mol. The van der Waals surface area contributed by atoms with E-state index in [1.165, 1.54) is 54.4 Å². The van der Waals surface area contributed by atoms with E-state index in [0.29, 0.717) is 17.5 Å². The second-order valence-corrected chi connectivity index (χ2v) is 22.8. The number of hydrogen-bond donors (Lipinski definition) is 0. The Bertz CT molecular complexity index is 5470. The molecule has 0 aliphatic rings. The van der Waals surface area contributed by atoms with Crippen LogP contribution in [0.15, 0.2) is 309 Å². The summed E-state index contributed by atoms with van der Waals surface area (Å²) in [7, 11) is 0. The van der Waals surface area contributed by atoms with Crippen molar-refractivity contribution in [2.75, 3.05) is 0 Å². The van der Waals surface area contributed by atoms with E-state index in [9.17, 15) is 0 Å². The lowest BCUT2D eigenvalue weighted by molar-refractivity contribution is 1.06. The van der Waals surface area contributed by atoms with E-state index in [1.54, 1.807) is 0 Å². The molecule has 0 aliphatic carbocycles. The summed E-state index contributed by atoms with van der Waals surface area (Å²) in [6.45, 7) is 0. The van der Waals surface area contributed by atoms with Crippen molar-refractivity contribution in [1.29, 1.82) is 0 Å². The molecule has 410 valence electrons. The zero-order chi connectivity index (χ0) is 57.8. The number of rotatable bonds is 9. The number of hydrogen-bond acceptors (Lipinski definition) is 3. The highest BCUT2D eigenvalue weighted by atomic mass is 15.1. The first kappa shape index (κ1) is 49.5. The van der Waals surface area contributed by atoms with Crippen LogP contribution in [-0.2, 0) is 0 Å². The van der Waals surface area contributed by atoms with Gasteiger partial charge in [0, 0.05) is 71.2 Å². The highest BCUT2D eigenvalue weighted by molar-refractivity contribution is 6.16. The summed E-state index contributed by atoms with van der Waals surface area (Å²) in [5.74, 6) is 1.81. The molecule has 0 saturated carbocycles. The lowest BCUT2D eigenvalue weighted by atomic mass is 9.98. The third kappa shape index (κ3) is 7.81. The van der Waals surface area contributed by atoms with Crippen LogP contribution >= 0.6 is 0 Å². The molecule has 0 saturated heterocycles. The maximum absolute atomic E-state index is 5.31. The first-order chi connectivity index (χ1) is 43.6. The van der Waals surface area contributed by atoms with Gasteiger partial charge in [0.1, 0.15) is 0 Å². The molecule has 0 amide bonds.